The predicted molar refractivity (Wildman–Crippen MR) is 251 cm³/mol. The molecule has 2 saturated heterocycles. The molecule has 2 fully saturated rings. The average Bonchev–Trinajstić information content (AvgIpc) is 3.74. The number of hydrogen-bond acceptors (Lipinski definition) is 12. The number of ether oxygens (including phenoxy) is 2. The number of nitro groups is 1. The van der Waals surface area contributed by atoms with E-state index in [9.17, 15) is 31.7 Å². The first-order valence-corrected chi connectivity index (χ1v) is 25.3. The van der Waals surface area contributed by atoms with Crippen molar-refractivity contribution in [1.29, 1.82) is 0 Å². The molecule has 1 aliphatic carbocycles. The molecule has 0 saturated carbocycles. The minimum atomic E-state index is -4.83. The molecule has 350 valence electrons. The number of carbonyl (C=O) groups is 1. The number of amides is 1. The number of nitrogens with zero attached hydrogens (tertiary/aromatic N) is 4. The summed E-state index contributed by atoms with van der Waals surface area (Å²) in [5, 5.41) is 17.0. The fourth-order valence-corrected chi connectivity index (χ4v) is 10.9. The van der Waals surface area contributed by atoms with Crippen LogP contribution < -0.4 is 24.4 Å². The fourth-order valence-electron chi connectivity index (χ4n) is 8.94. The van der Waals surface area contributed by atoms with Crippen molar-refractivity contribution in [3.8, 4) is 17.2 Å². The van der Waals surface area contributed by atoms with Crippen molar-refractivity contribution in [3.63, 3.8) is 0 Å². The molecule has 8 rings (SSSR count). The highest BCUT2D eigenvalue weighted by atomic mass is 35.5. The molecule has 0 unspecified atom stereocenters. The Morgan fingerprint density at radius 3 is 2.38 bits per heavy atom. The zero-order chi connectivity index (χ0) is 47.2. The summed E-state index contributed by atoms with van der Waals surface area (Å²) in [5.74, 6) is -1.05. The predicted octanol–water partition coefficient (Wildman–Crippen LogP) is 8.02. The second-order valence-electron chi connectivity index (χ2n) is 17.9. The third kappa shape index (κ3) is 10.0. The molecule has 2 aromatic heterocycles. The van der Waals surface area contributed by atoms with Crippen molar-refractivity contribution < 1.29 is 40.4 Å². The lowest BCUT2D eigenvalue weighted by molar-refractivity contribution is -0.386. The monoisotopic (exact) mass is 963 g/mol. The van der Waals surface area contributed by atoms with Crippen LogP contribution in [-0.2, 0) is 20.0 Å². The Kier molecular flexibility index (Phi) is 13.0. The number of aromatic amines is 1. The van der Waals surface area contributed by atoms with E-state index in [2.05, 4.69) is 38.8 Å². The number of piperazine rings is 1. The second-order valence-corrected chi connectivity index (χ2v) is 22.0. The number of H-pyrrole nitrogens is 1. The van der Waals surface area contributed by atoms with Crippen molar-refractivity contribution in [2.75, 3.05) is 57.0 Å². The van der Waals surface area contributed by atoms with E-state index in [0.717, 1.165) is 74.8 Å². The van der Waals surface area contributed by atoms with Crippen molar-refractivity contribution in [2.24, 2.45) is 5.41 Å². The molecule has 16 nitrogen and oxygen atoms in total. The molecular weight excluding hydrogens is 913 g/mol. The van der Waals surface area contributed by atoms with Gasteiger partial charge in [0.15, 0.2) is 11.5 Å². The molecule has 3 aromatic carbocycles. The Morgan fingerprint density at radius 2 is 1.70 bits per heavy atom. The summed E-state index contributed by atoms with van der Waals surface area (Å²) in [6.45, 7) is 7.93. The van der Waals surface area contributed by atoms with Crippen LogP contribution in [0.25, 0.3) is 22.2 Å². The van der Waals surface area contributed by atoms with Crippen LogP contribution in [0.1, 0.15) is 73.0 Å². The molecule has 66 heavy (non-hydrogen) atoms. The lowest BCUT2D eigenvalue weighted by Gasteiger charge is -2.36. The molecule has 5 aromatic rings. The van der Waals surface area contributed by atoms with Crippen molar-refractivity contribution in [1.82, 2.24) is 24.3 Å². The standard InChI is InChI=1S/C46H51ClFN7O9S2/c1-29-36(35-11-13-45(2,3)26-38(35)30-5-7-32(47)8-6-30)25-37(42(41(29)53-21-17-49-18-22-53)64-33-23-31-12-16-50-43(31)51-27-33)44(56)52-66(61,62)34-9-10-40(39(24-34)55(57)58)63-28-46(48)14-19-54(20-15-46)65(4,59)60/h5-10,12,16,23-25,27,49H,11,13-15,17-22,26,28H2,1-4H3,(H,50,51)(H,52,56). The zero-order valence-corrected chi connectivity index (χ0v) is 39.3. The van der Waals surface area contributed by atoms with Crippen molar-refractivity contribution >= 4 is 71.1 Å². The number of piperidine rings is 1. The van der Waals surface area contributed by atoms with E-state index in [1.165, 1.54) is 6.20 Å². The van der Waals surface area contributed by atoms with Crippen LogP contribution in [0.5, 0.6) is 17.2 Å². The molecule has 20 heteroatoms. The highest BCUT2D eigenvalue weighted by Crippen LogP contribution is 2.50. The van der Waals surface area contributed by atoms with Gasteiger partial charge < -0.3 is 24.7 Å². The van der Waals surface area contributed by atoms with E-state index in [4.69, 9.17) is 21.1 Å². The summed E-state index contributed by atoms with van der Waals surface area (Å²) < 4.78 is 83.6. The summed E-state index contributed by atoms with van der Waals surface area (Å²) in [5.41, 5.74) is 2.89. The molecule has 4 heterocycles. The van der Waals surface area contributed by atoms with E-state index >= 15 is 4.39 Å². The number of hydrogen-bond donors (Lipinski definition) is 3. The SMILES string of the molecule is Cc1c(C2=C(c3ccc(Cl)cc3)CC(C)(C)CC2)cc(C(=O)NS(=O)(=O)c2ccc(OCC3(F)CCN(S(C)(=O)=O)CC3)c([N+](=O)[O-])c2)c(Oc2cnc3[nH]ccc3c2)c1N1CCNCC1. The lowest BCUT2D eigenvalue weighted by Crippen LogP contribution is -2.46. The van der Waals surface area contributed by atoms with Gasteiger partial charge in [0.2, 0.25) is 10.0 Å². The number of anilines is 1. The van der Waals surface area contributed by atoms with Gasteiger partial charge in [-0.15, -0.1) is 0 Å². The minimum Gasteiger partial charge on any atom is -0.483 e. The van der Waals surface area contributed by atoms with Gasteiger partial charge >= 0.3 is 5.69 Å². The van der Waals surface area contributed by atoms with Gasteiger partial charge in [0, 0.05) is 61.9 Å². The fraction of sp³-hybridized carbons (Fsp3) is 0.391. The van der Waals surface area contributed by atoms with Crippen LogP contribution in [0.2, 0.25) is 5.02 Å². The quantitative estimate of drug-likeness (QED) is 0.0758. The topological polar surface area (TPSA) is 206 Å². The van der Waals surface area contributed by atoms with Crippen LogP contribution in [0.4, 0.5) is 15.8 Å². The van der Waals surface area contributed by atoms with E-state index in [-0.39, 0.29) is 42.7 Å². The maximum absolute atomic E-state index is 15.7. The number of aromatic nitrogens is 2. The summed E-state index contributed by atoms with van der Waals surface area (Å²) in [7, 11) is -8.37. The summed E-state index contributed by atoms with van der Waals surface area (Å²) in [6, 6.07) is 15.7. The summed E-state index contributed by atoms with van der Waals surface area (Å²) in [6.07, 6.45) is 6.08. The molecule has 0 spiro atoms. The highest BCUT2D eigenvalue weighted by molar-refractivity contribution is 7.90. The van der Waals surface area contributed by atoms with Gasteiger partial charge in [0.05, 0.1) is 33.5 Å². The van der Waals surface area contributed by atoms with Crippen molar-refractivity contribution in [3.05, 3.63) is 110 Å². The smallest absolute Gasteiger partial charge is 0.312 e. The number of fused-ring (bicyclic) bond motifs is 1. The lowest BCUT2D eigenvalue weighted by atomic mass is 9.70. The molecular formula is C46H51ClFN7O9S2. The Morgan fingerprint density at radius 1 is 0.985 bits per heavy atom. The first-order valence-electron chi connectivity index (χ1n) is 21.6. The largest absolute Gasteiger partial charge is 0.483 e. The molecule has 1 amide bonds. The number of rotatable bonds is 13. The molecule has 3 aliphatic rings. The third-order valence-electron chi connectivity index (χ3n) is 12.6. The number of allylic oxidation sites excluding steroid dienone is 2. The van der Waals surface area contributed by atoms with Gasteiger partial charge in [-0.25, -0.2) is 35.2 Å². The number of pyridine rings is 1. The number of halogens is 2. The highest BCUT2D eigenvalue weighted by Gasteiger charge is 2.39. The number of benzene rings is 3. The minimum absolute atomic E-state index is 0.0523. The number of alkyl halides is 1. The maximum Gasteiger partial charge on any atom is 0.312 e. The average molecular weight is 965 g/mol. The molecule has 3 N–H and O–H groups in total. The zero-order valence-electron chi connectivity index (χ0n) is 36.9. The first kappa shape index (κ1) is 46.9. The molecule has 0 radical (unpaired) electrons. The molecule has 0 atom stereocenters. The van der Waals surface area contributed by atoms with Gasteiger partial charge in [-0.2, -0.15) is 0 Å². The second kappa shape index (κ2) is 18.2. The van der Waals surface area contributed by atoms with Gasteiger partial charge in [-0.1, -0.05) is 37.6 Å². The normalized spacial score (nSPS) is 18.0. The van der Waals surface area contributed by atoms with E-state index in [1.807, 2.05) is 37.3 Å². The Hall–Kier alpha value is -5.60. The van der Waals surface area contributed by atoms with Crippen molar-refractivity contribution in [2.45, 2.75) is 63.4 Å². The van der Waals surface area contributed by atoms with Crippen LogP contribution >= 0.6 is 11.6 Å². The molecule has 0 bridgehead atoms. The van der Waals surface area contributed by atoms with Gasteiger partial charge in [0.25, 0.3) is 15.9 Å². The van der Waals surface area contributed by atoms with Crippen LogP contribution in [-0.4, -0.2) is 99.7 Å². The van der Waals surface area contributed by atoms with Gasteiger partial charge in [0.1, 0.15) is 23.7 Å². The Bertz CT molecular complexity index is 2970. The maximum atomic E-state index is 15.7. The number of nitrogens with one attached hydrogen (secondary N) is 3. The summed E-state index contributed by atoms with van der Waals surface area (Å²) in [4.78, 5) is 35.4. The van der Waals surface area contributed by atoms with E-state index in [1.54, 1.807) is 18.3 Å². The number of nitro benzene ring substituents is 1. The van der Waals surface area contributed by atoms with Crippen LogP contribution in [0, 0.1) is 22.5 Å². The number of carbonyl (C=O) groups excluding carboxylic acids is 1. The first-order chi connectivity index (χ1) is 31.2. The van der Waals surface area contributed by atoms with Crippen LogP contribution in [0.3, 0.4) is 0 Å². The Balaban J connectivity index is 1.21. The third-order valence-corrected chi connectivity index (χ3v) is 15.5. The van der Waals surface area contributed by atoms with E-state index < -0.39 is 59.5 Å². The summed E-state index contributed by atoms with van der Waals surface area (Å²) >= 11 is 6.34. The van der Waals surface area contributed by atoms with E-state index in [0.29, 0.717) is 54.7 Å². The van der Waals surface area contributed by atoms with Gasteiger partial charge in [-0.3, -0.25) is 14.9 Å². The number of sulfonamides is 2. The van der Waals surface area contributed by atoms with Gasteiger partial charge in [-0.05, 0) is 115 Å². The Labute approximate surface area is 387 Å². The van der Waals surface area contributed by atoms with Crippen LogP contribution in [0.15, 0.2) is 78.0 Å². The molecule has 2 aliphatic heterocycles.